The molecule has 10 aromatic carbocycles. The molecule has 61 heavy (non-hydrogen) atoms. The highest BCUT2D eigenvalue weighted by Gasteiger charge is 2.49. The number of fused-ring (bicyclic) bond motifs is 8. The summed E-state index contributed by atoms with van der Waals surface area (Å²) in [5.74, 6) is 1.90. The van der Waals surface area contributed by atoms with Gasteiger partial charge in [-0.15, -0.1) is 0 Å². The first kappa shape index (κ1) is 34.8. The van der Waals surface area contributed by atoms with Crippen LogP contribution in [0.15, 0.2) is 228 Å². The first-order valence-corrected chi connectivity index (χ1v) is 23.8. The van der Waals surface area contributed by atoms with E-state index >= 15 is 0 Å². The third-order valence-electron chi connectivity index (χ3n) is 13.2. The van der Waals surface area contributed by atoms with Crippen LogP contribution in [0, 0.1) is 0 Å². The van der Waals surface area contributed by atoms with Crippen LogP contribution in [0.4, 0.5) is 17.1 Å². The van der Waals surface area contributed by atoms with E-state index in [1.54, 1.807) is 0 Å². The van der Waals surface area contributed by atoms with E-state index in [1.165, 1.54) is 91.0 Å². The number of nitrogens with zero attached hydrogens (tertiary/aromatic N) is 1. The molecule has 0 unspecified atom stereocenters. The summed E-state index contributed by atoms with van der Waals surface area (Å²) >= 11 is 1.86. The lowest BCUT2D eigenvalue weighted by atomic mass is 9.35. The average molecular weight is 810 g/mol. The molecule has 5 heteroatoms. The van der Waals surface area contributed by atoms with Gasteiger partial charge >= 0.3 is 0 Å². The number of para-hydroxylation sites is 2. The summed E-state index contributed by atoms with van der Waals surface area (Å²) in [6.07, 6.45) is 0. The molecule has 0 bridgehead atoms. The third-order valence-corrected chi connectivity index (χ3v) is 19.2. The van der Waals surface area contributed by atoms with Gasteiger partial charge in [-0.25, -0.2) is 0 Å². The van der Waals surface area contributed by atoms with Gasteiger partial charge in [0.05, 0.1) is 0 Å². The van der Waals surface area contributed by atoms with Crippen molar-refractivity contribution in [3.8, 4) is 22.6 Å². The summed E-state index contributed by atoms with van der Waals surface area (Å²) in [6.45, 7) is 0.102. The number of hydrogen-bond donors (Lipinski definition) is 0. The van der Waals surface area contributed by atoms with Gasteiger partial charge in [0.2, 0.25) is 0 Å². The predicted molar refractivity (Wildman–Crippen MR) is 260 cm³/mol. The quantitative estimate of drug-likeness (QED) is 0.130. The molecular weight excluding hydrogens is 774 g/mol. The molecule has 284 valence electrons. The van der Waals surface area contributed by atoms with Crippen molar-refractivity contribution < 1.29 is 4.74 Å². The fourth-order valence-electron chi connectivity index (χ4n) is 10.7. The monoisotopic (exact) mass is 809 g/mol. The normalized spacial score (nSPS) is 14.0. The molecule has 0 amide bonds. The zero-order valence-corrected chi connectivity index (χ0v) is 34.9. The van der Waals surface area contributed by atoms with Crippen LogP contribution in [0.1, 0.15) is 0 Å². The Kier molecular flexibility index (Phi) is 7.69. The van der Waals surface area contributed by atoms with Gasteiger partial charge in [0.15, 0.2) is 8.07 Å². The smallest absolute Gasteiger partial charge is 0.253 e. The van der Waals surface area contributed by atoms with Gasteiger partial charge in [-0.05, 0) is 113 Å². The molecule has 0 N–H and O–H groups in total. The molecule has 0 saturated carbocycles. The molecule has 3 aliphatic heterocycles. The Labute approximate surface area is 360 Å². The maximum atomic E-state index is 6.51. The van der Waals surface area contributed by atoms with Gasteiger partial charge in [-0.2, -0.15) is 0 Å². The Morgan fingerprint density at radius 1 is 0.443 bits per heavy atom. The van der Waals surface area contributed by atoms with Crippen molar-refractivity contribution in [1.82, 2.24) is 0 Å². The fourth-order valence-corrected chi connectivity index (χ4v) is 17.0. The molecule has 0 spiro atoms. The lowest BCUT2D eigenvalue weighted by Gasteiger charge is -2.45. The molecule has 0 aromatic heterocycles. The number of rotatable bonds is 4. The molecule has 0 saturated heterocycles. The average Bonchev–Trinajstić information content (AvgIpc) is 3.32. The van der Waals surface area contributed by atoms with Crippen LogP contribution in [0.2, 0.25) is 0 Å². The van der Waals surface area contributed by atoms with Crippen LogP contribution in [0.25, 0.3) is 32.7 Å². The van der Waals surface area contributed by atoms with Gasteiger partial charge in [0, 0.05) is 26.9 Å². The highest BCUT2D eigenvalue weighted by atomic mass is 32.2. The van der Waals surface area contributed by atoms with Gasteiger partial charge in [0.1, 0.15) is 11.5 Å². The maximum absolute atomic E-state index is 6.51. The largest absolute Gasteiger partial charge is 0.458 e. The molecule has 13 rings (SSSR count). The lowest BCUT2D eigenvalue weighted by Crippen LogP contribution is -2.77. The Balaban J connectivity index is 1.10. The predicted octanol–water partition coefficient (Wildman–Crippen LogP) is 9.91. The van der Waals surface area contributed by atoms with E-state index in [0.717, 1.165) is 17.2 Å². The summed E-state index contributed by atoms with van der Waals surface area (Å²) in [5.41, 5.74) is 9.92. The van der Waals surface area contributed by atoms with E-state index < -0.39 is 8.07 Å². The van der Waals surface area contributed by atoms with Crippen LogP contribution >= 0.6 is 11.8 Å². The van der Waals surface area contributed by atoms with Crippen molar-refractivity contribution >= 4 is 102 Å². The molecular formula is C56H36BNOSSi. The van der Waals surface area contributed by atoms with Crippen molar-refractivity contribution in [1.29, 1.82) is 0 Å². The Morgan fingerprint density at radius 3 is 1.85 bits per heavy atom. The van der Waals surface area contributed by atoms with E-state index in [0.29, 0.717) is 0 Å². The van der Waals surface area contributed by atoms with Gasteiger partial charge in [-0.1, -0.05) is 187 Å². The van der Waals surface area contributed by atoms with Crippen molar-refractivity contribution in [3.05, 3.63) is 218 Å². The second-order valence-electron chi connectivity index (χ2n) is 16.3. The van der Waals surface area contributed by atoms with Crippen molar-refractivity contribution in [2.45, 2.75) is 9.79 Å². The van der Waals surface area contributed by atoms with Gasteiger partial charge < -0.3 is 9.64 Å². The highest BCUT2D eigenvalue weighted by molar-refractivity contribution is 8.00. The standard InChI is InChI=1S/C56H36BNOSSi/c1-3-18-41(19-4-1)61(42-20-5-2-6-21-42)53-29-14-12-25-47(53)58(48-35-39(30-33-54(48)61)55-43-22-9-7-16-37(43)34-38-17-8-10-23-44(38)55)40-31-32-46-52(36-40)60-51-28-15-27-50-56(51)57(46)45-24-11-13-26-49(45)59-50/h1-36H. The lowest BCUT2D eigenvalue weighted by molar-refractivity contribution is 0.486. The van der Waals surface area contributed by atoms with Crippen LogP contribution in [-0.2, 0) is 0 Å². The van der Waals surface area contributed by atoms with Crippen molar-refractivity contribution in [3.63, 3.8) is 0 Å². The summed E-state index contributed by atoms with van der Waals surface area (Å²) in [6, 6.07) is 81.6. The Bertz CT molecular complexity index is 3310. The van der Waals surface area contributed by atoms with Crippen LogP contribution in [-0.4, -0.2) is 14.8 Å². The van der Waals surface area contributed by atoms with Crippen LogP contribution in [0.5, 0.6) is 11.5 Å². The van der Waals surface area contributed by atoms with E-state index in [-0.39, 0.29) is 6.71 Å². The first-order valence-electron chi connectivity index (χ1n) is 21.0. The summed E-state index contributed by atoms with van der Waals surface area (Å²) in [5, 5.41) is 10.6. The Hall–Kier alpha value is -7.05. The molecule has 3 heterocycles. The molecule has 0 fully saturated rings. The van der Waals surface area contributed by atoms with Crippen LogP contribution < -0.4 is 46.8 Å². The number of ether oxygens (including phenoxy) is 1. The van der Waals surface area contributed by atoms with Gasteiger partial charge in [-0.3, -0.25) is 0 Å². The second kappa shape index (κ2) is 13.5. The molecule has 0 atom stereocenters. The van der Waals surface area contributed by atoms with E-state index in [9.17, 15) is 0 Å². The van der Waals surface area contributed by atoms with Crippen molar-refractivity contribution in [2.75, 3.05) is 4.90 Å². The minimum absolute atomic E-state index is 0.102. The molecule has 3 aliphatic rings. The third kappa shape index (κ3) is 5.05. The van der Waals surface area contributed by atoms with Gasteiger partial charge in [0.25, 0.3) is 6.71 Å². The summed E-state index contributed by atoms with van der Waals surface area (Å²) in [4.78, 5) is 5.11. The summed E-state index contributed by atoms with van der Waals surface area (Å²) < 4.78 is 6.51. The zero-order valence-electron chi connectivity index (χ0n) is 33.1. The maximum Gasteiger partial charge on any atom is 0.253 e. The zero-order chi connectivity index (χ0) is 40.1. The molecule has 10 aromatic rings. The van der Waals surface area contributed by atoms with E-state index in [1.807, 2.05) is 11.8 Å². The number of benzene rings is 10. The molecule has 0 aliphatic carbocycles. The highest BCUT2D eigenvalue weighted by Crippen LogP contribution is 2.45. The minimum Gasteiger partial charge on any atom is -0.458 e. The first-order chi connectivity index (χ1) is 30.3. The number of anilines is 3. The second-order valence-corrected chi connectivity index (χ2v) is 21.1. The minimum atomic E-state index is -2.87. The Morgan fingerprint density at radius 2 is 1.08 bits per heavy atom. The number of hydrogen-bond acceptors (Lipinski definition) is 3. The summed E-state index contributed by atoms with van der Waals surface area (Å²) in [7, 11) is -2.87. The fraction of sp³-hybridized carbons (Fsp3) is 0. The van der Waals surface area contributed by atoms with E-state index in [2.05, 4.69) is 223 Å². The SMILES string of the molecule is c1ccc([Si]2(c3ccccc3)c3ccccc3N(c3ccc4c(c3)Sc3cccc5c3B4c3ccccc3O5)c3cc(-c4c5ccccc5cc5ccccc45)ccc32)cc1. The van der Waals surface area contributed by atoms with Crippen molar-refractivity contribution in [2.24, 2.45) is 0 Å². The molecule has 0 radical (unpaired) electrons. The van der Waals surface area contributed by atoms with E-state index in [4.69, 9.17) is 4.74 Å². The molecule has 2 nitrogen and oxygen atoms in total. The van der Waals surface area contributed by atoms with Crippen LogP contribution in [0.3, 0.4) is 0 Å². The topological polar surface area (TPSA) is 12.5 Å².